The standard InChI is InChI=1S/C27H34O3S3/c1-7-8-9-10-20-13-14-24(32-20)23-15-19-11-12-21(16-22(19)29-23)33-27(6,31)17-26(4,5)30-25(28)18(2)3/h11-16,31H,2,7-10,17H2,1,3-6H3. The summed E-state index contributed by atoms with van der Waals surface area (Å²) >= 11 is 8.34. The van der Waals surface area contributed by atoms with Crippen LogP contribution in [0.25, 0.3) is 21.6 Å². The molecule has 2 heterocycles. The number of esters is 1. The molecule has 0 radical (unpaired) electrons. The summed E-state index contributed by atoms with van der Waals surface area (Å²) in [5, 5.41) is 1.09. The van der Waals surface area contributed by atoms with E-state index in [4.69, 9.17) is 21.8 Å². The first kappa shape index (κ1) is 26.0. The van der Waals surface area contributed by atoms with Crippen LogP contribution >= 0.6 is 35.7 Å². The van der Waals surface area contributed by atoms with Gasteiger partial charge in [-0.3, -0.25) is 0 Å². The van der Waals surface area contributed by atoms with E-state index in [1.807, 2.05) is 32.1 Å². The second-order valence-corrected chi connectivity index (χ2v) is 13.5. The number of aryl methyl sites for hydroxylation is 1. The summed E-state index contributed by atoms with van der Waals surface area (Å²) in [6, 6.07) is 12.8. The van der Waals surface area contributed by atoms with Gasteiger partial charge in [0.15, 0.2) is 0 Å². The average Bonchev–Trinajstić information content (AvgIpc) is 3.32. The highest BCUT2D eigenvalue weighted by atomic mass is 32.2. The van der Waals surface area contributed by atoms with E-state index in [9.17, 15) is 4.79 Å². The van der Waals surface area contributed by atoms with Gasteiger partial charge in [-0.25, -0.2) is 4.79 Å². The van der Waals surface area contributed by atoms with E-state index >= 15 is 0 Å². The maximum Gasteiger partial charge on any atom is 0.333 e. The lowest BCUT2D eigenvalue weighted by atomic mass is 10.0. The molecule has 0 amide bonds. The van der Waals surface area contributed by atoms with Gasteiger partial charge in [-0.2, -0.15) is 12.6 Å². The van der Waals surface area contributed by atoms with Gasteiger partial charge in [-0.05, 0) is 76.9 Å². The fourth-order valence-corrected chi connectivity index (χ4v) is 6.77. The van der Waals surface area contributed by atoms with Gasteiger partial charge >= 0.3 is 5.97 Å². The normalized spacial score (nSPS) is 13.8. The zero-order valence-corrected chi connectivity index (χ0v) is 22.7. The summed E-state index contributed by atoms with van der Waals surface area (Å²) in [7, 11) is 0. The van der Waals surface area contributed by atoms with Gasteiger partial charge in [0, 0.05) is 27.2 Å². The smallest absolute Gasteiger partial charge is 0.333 e. The molecule has 1 aromatic carbocycles. The van der Waals surface area contributed by atoms with E-state index in [0.29, 0.717) is 12.0 Å². The first-order chi connectivity index (χ1) is 15.5. The molecular formula is C27H34O3S3. The summed E-state index contributed by atoms with van der Waals surface area (Å²) in [6.45, 7) is 13.4. The molecule has 0 spiro atoms. The van der Waals surface area contributed by atoms with Gasteiger partial charge in [0.25, 0.3) is 0 Å². The number of benzene rings is 1. The number of unbranched alkanes of at least 4 members (excludes halogenated alkanes) is 2. The number of furan rings is 1. The Morgan fingerprint density at radius 2 is 1.94 bits per heavy atom. The summed E-state index contributed by atoms with van der Waals surface area (Å²) in [6.07, 6.45) is 5.46. The monoisotopic (exact) mass is 502 g/mol. The number of thiophene rings is 1. The number of ether oxygens (including phenoxy) is 1. The highest BCUT2D eigenvalue weighted by Crippen LogP contribution is 2.44. The van der Waals surface area contributed by atoms with Crippen LogP contribution in [0.1, 0.15) is 65.2 Å². The molecule has 0 N–H and O–H groups in total. The van der Waals surface area contributed by atoms with Crippen LogP contribution in [-0.2, 0) is 16.0 Å². The van der Waals surface area contributed by atoms with Gasteiger partial charge in [-0.1, -0.05) is 26.3 Å². The number of carbonyl (C=O) groups excluding carboxylic acids is 1. The SMILES string of the molecule is C=C(C)C(=O)OC(C)(C)CC(C)(S)Sc1ccc2cc(-c3ccc(CCCCC)s3)oc2c1. The van der Waals surface area contributed by atoms with E-state index in [2.05, 4.69) is 49.9 Å². The number of thioether (sulfide) groups is 1. The molecule has 3 aromatic rings. The fraction of sp³-hybridized carbons (Fsp3) is 0.444. The topological polar surface area (TPSA) is 39.4 Å². The zero-order chi connectivity index (χ0) is 24.2. The van der Waals surface area contributed by atoms with Crippen molar-refractivity contribution >= 4 is 52.7 Å². The van der Waals surface area contributed by atoms with Gasteiger partial charge < -0.3 is 9.15 Å². The van der Waals surface area contributed by atoms with Crippen molar-refractivity contribution in [3.05, 3.63) is 53.4 Å². The zero-order valence-electron chi connectivity index (χ0n) is 20.2. The highest BCUT2D eigenvalue weighted by Gasteiger charge is 2.33. The van der Waals surface area contributed by atoms with Crippen molar-refractivity contribution in [3.63, 3.8) is 0 Å². The molecule has 1 unspecified atom stereocenters. The molecule has 0 saturated carbocycles. The van der Waals surface area contributed by atoms with Crippen molar-refractivity contribution in [3.8, 4) is 10.6 Å². The molecular weight excluding hydrogens is 468 g/mol. The van der Waals surface area contributed by atoms with Crippen LogP contribution in [0, 0.1) is 0 Å². The van der Waals surface area contributed by atoms with Crippen molar-refractivity contribution in [2.45, 2.75) is 81.3 Å². The van der Waals surface area contributed by atoms with Crippen LogP contribution in [0.15, 0.2) is 57.9 Å². The largest absolute Gasteiger partial charge is 0.456 e. The minimum atomic E-state index is -0.657. The predicted molar refractivity (Wildman–Crippen MR) is 146 cm³/mol. The summed E-state index contributed by atoms with van der Waals surface area (Å²) in [5.74, 6) is 0.543. The molecule has 0 fully saturated rings. The maximum absolute atomic E-state index is 12.0. The van der Waals surface area contributed by atoms with E-state index in [-0.39, 0.29) is 5.97 Å². The Hall–Kier alpha value is -1.63. The van der Waals surface area contributed by atoms with E-state index in [1.54, 1.807) is 18.7 Å². The number of carbonyl (C=O) groups is 1. The second-order valence-electron chi connectivity index (χ2n) is 9.42. The van der Waals surface area contributed by atoms with Gasteiger partial charge in [0.1, 0.15) is 16.9 Å². The molecule has 3 nitrogen and oxygen atoms in total. The molecule has 0 bridgehead atoms. The van der Waals surface area contributed by atoms with Crippen molar-refractivity contribution in [2.75, 3.05) is 0 Å². The lowest BCUT2D eigenvalue weighted by molar-refractivity contribution is -0.152. The molecule has 0 saturated heterocycles. The van der Waals surface area contributed by atoms with Crippen LogP contribution in [-0.4, -0.2) is 15.6 Å². The Kier molecular flexibility index (Phi) is 8.46. The van der Waals surface area contributed by atoms with Crippen molar-refractivity contribution < 1.29 is 13.9 Å². The Morgan fingerprint density at radius 1 is 1.18 bits per heavy atom. The Bertz CT molecular complexity index is 1120. The Balaban J connectivity index is 1.71. The number of fused-ring (bicyclic) bond motifs is 1. The van der Waals surface area contributed by atoms with E-state index in [0.717, 1.165) is 28.0 Å². The molecule has 178 valence electrons. The lowest BCUT2D eigenvalue weighted by Gasteiger charge is -2.33. The molecule has 2 aromatic heterocycles. The average molecular weight is 503 g/mol. The van der Waals surface area contributed by atoms with E-state index in [1.165, 1.54) is 29.0 Å². The van der Waals surface area contributed by atoms with Gasteiger partial charge in [-0.15, -0.1) is 23.1 Å². The molecule has 0 aliphatic rings. The molecule has 0 aliphatic carbocycles. The minimum Gasteiger partial charge on any atom is -0.456 e. The predicted octanol–water partition coefficient (Wildman–Crippen LogP) is 8.92. The highest BCUT2D eigenvalue weighted by molar-refractivity contribution is 8.11. The van der Waals surface area contributed by atoms with Crippen LogP contribution in [0.4, 0.5) is 0 Å². The quantitative estimate of drug-likeness (QED) is 0.0709. The number of rotatable bonds is 11. The van der Waals surface area contributed by atoms with Crippen molar-refractivity contribution in [1.29, 1.82) is 0 Å². The fourth-order valence-electron chi connectivity index (χ4n) is 3.84. The van der Waals surface area contributed by atoms with Gasteiger partial charge in [0.05, 0.1) is 8.96 Å². The third-order valence-corrected chi connectivity index (χ3v) is 7.90. The van der Waals surface area contributed by atoms with Crippen molar-refractivity contribution in [1.82, 2.24) is 0 Å². The first-order valence-electron chi connectivity index (χ1n) is 11.4. The third-order valence-electron chi connectivity index (χ3n) is 5.23. The number of hydrogen-bond donors (Lipinski definition) is 1. The number of hydrogen-bond acceptors (Lipinski definition) is 6. The third kappa shape index (κ3) is 7.43. The molecule has 3 rings (SSSR count). The second kappa shape index (κ2) is 10.7. The lowest BCUT2D eigenvalue weighted by Crippen LogP contribution is -2.34. The summed E-state index contributed by atoms with van der Waals surface area (Å²) < 4.78 is 11.4. The first-order valence-corrected chi connectivity index (χ1v) is 13.5. The van der Waals surface area contributed by atoms with Crippen LogP contribution in [0.3, 0.4) is 0 Å². The van der Waals surface area contributed by atoms with Crippen LogP contribution in [0.5, 0.6) is 0 Å². The van der Waals surface area contributed by atoms with E-state index < -0.39 is 9.68 Å². The summed E-state index contributed by atoms with van der Waals surface area (Å²) in [5.41, 5.74) is 0.609. The molecule has 0 aliphatic heterocycles. The number of thiol groups is 1. The Morgan fingerprint density at radius 3 is 2.64 bits per heavy atom. The minimum absolute atomic E-state index is 0.374. The molecule has 6 heteroatoms. The van der Waals surface area contributed by atoms with Crippen LogP contribution < -0.4 is 0 Å². The van der Waals surface area contributed by atoms with Crippen molar-refractivity contribution in [2.24, 2.45) is 0 Å². The van der Waals surface area contributed by atoms with Gasteiger partial charge in [0.2, 0.25) is 0 Å². The maximum atomic E-state index is 12.0. The van der Waals surface area contributed by atoms with Crippen LogP contribution in [0.2, 0.25) is 0 Å². The molecule has 33 heavy (non-hydrogen) atoms. The molecule has 1 atom stereocenters. The Labute approximate surface area is 211 Å². The summed E-state index contributed by atoms with van der Waals surface area (Å²) in [4.78, 5) is 15.6.